The Balaban J connectivity index is 1.87. The van der Waals surface area contributed by atoms with Crippen LogP contribution in [0.15, 0.2) is 58.5 Å². The van der Waals surface area contributed by atoms with Gasteiger partial charge in [-0.25, -0.2) is 4.98 Å². The van der Waals surface area contributed by atoms with Crippen LogP contribution in [0.3, 0.4) is 0 Å². The number of hydrogen-bond donors (Lipinski definition) is 1. The van der Waals surface area contributed by atoms with Crippen LogP contribution in [-0.2, 0) is 11.3 Å². The number of nitrogens with one attached hydrogen (secondary N) is 1. The number of thioether (sulfide) groups is 1. The molecule has 3 aromatic rings. The normalized spacial score (nSPS) is 11.7. The molecule has 0 saturated carbocycles. The lowest BCUT2D eigenvalue weighted by Gasteiger charge is -2.15. The number of anilines is 1. The summed E-state index contributed by atoms with van der Waals surface area (Å²) in [5.74, 6) is -0.257. The van der Waals surface area contributed by atoms with Gasteiger partial charge in [-0.15, -0.1) is 0 Å². The summed E-state index contributed by atoms with van der Waals surface area (Å²) in [6.07, 6.45) is 0. The summed E-state index contributed by atoms with van der Waals surface area (Å²) in [4.78, 5) is 29.8. The summed E-state index contributed by atoms with van der Waals surface area (Å²) in [6.45, 7) is 4.08. The molecule has 27 heavy (non-hydrogen) atoms. The van der Waals surface area contributed by atoms with Gasteiger partial charge >= 0.3 is 0 Å². The van der Waals surface area contributed by atoms with Gasteiger partial charge in [0.25, 0.3) is 5.56 Å². The van der Waals surface area contributed by atoms with Gasteiger partial charge in [-0.2, -0.15) is 5.26 Å². The standard InChI is InChI=1S/C20H18N4O2S/c1-3-24-19(26)15-9-5-7-11-17(15)23-20(24)27-13(2)18(25)22-16-10-6-4-8-14(16)12-21/h4-11,13H,3H2,1-2H3,(H,22,25). The van der Waals surface area contributed by atoms with E-state index in [2.05, 4.69) is 16.4 Å². The van der Waals surface area contributed by atoms with Crippen molar-refractivity contribution in [2.75, 3.05) is 5.32 Å². The highest BCUT2D eigenvalue weighted by molar-refractivity contribution is 8.00. The maximum atomic E-state index is 12.7. The molecule has 1 aromatic heterocycles. The lowest BCUT2D eigenvalue weighted by atomic mass is 10.2. The van der Waals surface area contributed by atoms with Crippen LogP contribution in [0.5, 0.6) is 0 Å². The molecule has 1 atom stereocenters. The highest BCUT2D eigenvalue weighted by Crippen LogP contribution is 2.24. The van der Waals surface area contributed by atoms with Gasteiger partial charge in [-0.3, -0.25) is 14.2 Å². The van der Waals surface area contributed by atoms with E-state index >= 15 is 0 Å². The van der Waals surface area contributed by atoms with Crippen molar-refractivity contribution in [2.24, 2.45) is 0 Å². The fourth-order valence-corrected chi connectivity index (χ4v) is 3.62. The van der Waals surface area contributed by atoms with E-state index in [1.165, 1.54) is 11.8 Å². The second kappa shape index (κ2) is 8.06. The minimum atomic E-state index is -0.498. The predicted octanol–water partition coefficient (Wildman–Crippen LogP) is 3.41. The molecule has 0 aliphatic heterocycles. The number of fused-ring (bicyclic) bond motifs is 1. The van der Waals surface area contributed by atoms with Crippen LogP contribution in [0.25, 0.3) is 10.9 Å². The Morgan fingerprint density at radius 2 is 1.96 bits per heavy atom. The van der Waals surface area contributed by atoms with Gasteiger partial charge in [0, 0.05) is 6.54 Å². The van der Waals surface area contributed by atoms with Crippen LogP contribution in [0.4, 0.5) is 5.69 Å². The number of rotatable bonds is 5. The molecule has 1 amide bonds. The molecular formula is C20H18N4O2S. The van der Waals surface area contributed by atoms with Gasteiger partial charge in [-0.05, 0) is 38.1 Å². The molecule has 1 heterocycles. The number of para-hydroxylation sites is 2. The first kappa shape index (κ1) is 18.7. The van der Waals surface area contributed by atoms with Crippen molar-refractivity contribution in [2.45, 2.75) is 30.8 Å². The Bertz CT molecular complexity index is 1100. The van der Waals surface area contributed by atoms with Gasteiger partial charge in [0.15, 0.2) is 5.16 Å². The minimum absolute atomic E-state index is 0.118. The van der Waals surface area contributed by atoms with Crippen LogP contribution < -0.4 is 10.9 Å². The second-order valence-electron chi connectivity index (χ2n) is 5.87. The SMILES string of the molecule is CCn1c(SC(C)C(=O)Nc2ccccc2C#N)nc2ccccc2c1=O. The van der Waals surface area contributed by atoms with E-state index in [0.29, 0.717) is 33.9 Å². The van der Waals surface area contributed by atoms with E-state index < -0.39 is 5.25 Å². The van der Waals surface area contributed by atoms with Gasteiger partial charge in [0.1, 0.15) is 6.07 Å². The first-order valence-corrected chi connectivity index (χ1v) is 9.39. The minimum Gasteiger partial charge on any atom is -0.324 e. The Morgan fingerprint density at radius 3 is 2.70 bits per heavy atom. The van der Waals surface area contributed by atoms with E-state index in [0.717, 1.165) is 0 Å². The quantitative estimate of drug-likeness (QED) is 0.543. The third-order valence-corrected chi connectivity index (χ3v) is 5.19. The van der Waals surface area contributed by atoms with Crippen LogP contribution in [0, 0.1) is 11.3 Å². The maximum Gasteiger partial charge on any atom is 0.262 e. The van der Waals surface area contributed by atoms with E-state index in [9.17, 15) is 9.59 Å². The smallest absolute Gasteiger partial charge is 0.262 e. The molecule has 0 fully saturated rings. The van der Waals surface area contributed by atoms with Gasteiger partial charge in [0.05, 0.1) is 27.4 Å². The van der Waals surface area contributed by atoms with E-state index in [4.69, 9.17) is 5.26 Å². The monoisotopic (exact) mass is 378 g/mol. The summed E-state index contributed by atoms with van der Waals surface area (Å²) in [5.41, 5.74) is 1.36. The zero-order chi connectivity index (χ0) is 19.4. The average Bonchev–Trinajstić information content (AvgIpc) is 2.68. The second-order valence-corrected chi connectivity index (χ2v) is 7.18. The van der Waals surface area contributed by atoms with Gasteiger partial charge < -0.3 is 5.32 Å². The molecule has 136 valence electrons. The molecular weight excluding hydrogens is 360 g/mol. The molecule has 1 unspecified atom stereocenters. The van der Waals surface area contributed by atoms with Crippen molar-refractivity contribution < 1.29 is 4.79 Å². The van der Waals surface area contributed by atoms with E-state index in [-0.39, 0.29) is 11.5 Å². The topological polar surface area (TPSA) is 87.8 Å². The fraction of sp³-hybridized carbons (Fsp3) is 0.200. The molecule has 0 aliphatic carbocycles. The van der Waals surface area contributed by atoms with Crippen molar-refractivity contribution in [3.05, 3.63) is 64.4 Å². The fourth-order valence-electron chi connectivity index (χ4n) is 2.65. The Labute approximate surface area is 160 Å². The lowest BCUT2D eigenvalue weighted by Crippen LogP contribution is -2.26. The zero-order valence-corrected chi connectivity index (χ0v) is 15.8. The van der Waals surface area contributed by atoms with Crippen molar-refractivity contribution in [3.63, 3.8) is 0 Å². The highest BCUT2D eigenvalue weighted by Gasteiger charge is 2.19. The third kappa shape index (κ3) is 3.86. The van der Waals surface area contributed by atoms with E-state index in [1.807, 2.05) is 13.0 Å². The third-order valence-electron chi connectivity index (χ3n) is 4.10. The number of nitriles is 1. The van der Waals surface area contributed by atoms with Crippen LogP contribution in [0.2, 0.25) is 0 Å². The van der Waals surface area contributed by atoms with Crippen molar-refractivity contribution in [3.8, 4) is 6.07 Å². The molecule has 7 heteroatoms. The Kier molecular flexibility index (Phi) is 5.57. The lowest BCUT2D eigenvalue weighted by molar-refractivity contribution is -0.115. The number of amides is 1. The summed E-state index contributed by atoms with van der Waals surface area (Å²) in [5, 5.41) is 12.5. The molecule has 0 saturated heterocycles. The first-order chi connectivity index (χ1) is 13.0. The number of carbonyl (C=O) groups excluding carboxylic acids is 1. The number of aromatic nitrogens is 2. The molecule has 0 spiro atoms. The summed E-state index contributed by atoms with van der Waals surface area (Å²) in [7, 11) is 0. The van der Waals surface area contributed by atoms with Gasteiger partial charge in [-0.1, -0.05) is 36.0 Å². The summed E-state index contributed by atoms with van der Waals surface area (Å²) < 4.78 is 1.57. The zero-order valence-electron chi connectivity index (χ0n) is 15.0. The van der Waals surface area contributed by atoms with Crippen LogP contribution >= 0.6 is 11.8 Å². The summed E-state index contributed by atoms with van der Waals surface area (Å²) >= 11 is 1.22. The summed E-state index contributed by atoms with van der Waals surface area (Å²) in [6, 6.07) is 16.1. The molecule has 2 aromatic carbocycles. The number of hydrogen-bond acceptors (Lipinski definition) is 5. The van der Waals surface area contributed by atoms with Crippen LogP contribution in [-0.4, -0.2) is 20.7 Å². The molecule has 1 N–H and O–H groups in total. The highest BCUT2D eigenvalue weighted by atomic mass is 32.2. The van der Waals surface area contributed by atoms with Gasteiger partial charge in [0.2, 0.25) is 5.91 Å². The molecule has 0 bridgehead atoms. The number of nitrogens with zero attached hydrogens (tertiary/aromatic N) is 3. The van der Waals surface area contributed by atoms with Crippen molar-refractivity contribution >= 4 is 34.3 Å². The van der Waals surface area contributed by atoms with E-state index in [1.54, 1.807) is 54.0 Å². The Hall–Kier alpha value is -3.11. The van der Waals surface area contributed by atoms with Crippen LogP contribution in [0.1, 0.15) is 19.4 Å². The Morgan fingerprint density at radius 1 is 1.26 bits per heavy atom. The molecule has 0 radical (unpaired) electrons. The maximum absolute atomic E-state index is 12.7. The average molecular weight is 378 g/mol. The predicted molar refractivity (Wildman–Crippen MR) is 107 cm³/mol. The van der Waals surface area contributed by atoms with Crippen molar-refractivity contribution in [1.29, 1.82) is 5.26 Å². The van der Waals surface area contributed by atoms with Crippen molar-refractivity contribution in [1.82, 2.24) is 9.55 Å². The molecule has 0 aliphatic rings. The largest absolute Gasteiger partial charge is 0.324 e. The first-order valence-electron chi connectivity index (χ1n) is 8.51. The number of carbonyl (C=O) groups is 1. The molecule has 3 rings (SSSR count). The number of benzene rings is 2. The molecule has 6 nitrogen and oxygen atoms in total.